The largest absolute Gasteiger partial charge is 0.476 e. The smallest absolute Gasteiger partial charge is 0.409 e. The van der Waals surface area contributed by atoms with Gasteiger partial charge < -0.3 is 14.4 Å². The molecule has 1 amide bonds. The molecule has 7 heteroatoms. The van der Waals surface area contributed by atoms with Gasteiger partial charge in [-0.15, -0.1) is 10.2 Å². The average Bonchev–Trinajstić information content (AvgIpc) is 2.52. The van der Waals surface area contributed by atoms with Crippen molar-refractivity contribution in [2.75, 3.05) is 26.3 Å². The number of piperidine rings is 1. The van der Waals surface area contributed by atoms with Crippen molar-refractivity contribution in [3.05, 3.63) is 17.3 Å². The van der Waals surface area contributed by atoms with Gasteiger partial charge in [0.25, 0.3) is 0 Å². The van der Waals surface area contributed by atoms with Gasteiger partial charge in [-0.25, -0.2) is 4.79 Å². The zero-order valence-corrected chi connectivity index (χ0v) is 13.8. The molecule has 0 unspecified atom stereocenters. The van der Waals surface area contributed by atoms with Gasteiger partial charge in [-0.3, -0.25) is 0 Å². The van der Waals surface area contributed by atoms with E-state index in [0.717, 1.165) is 12.8 Å². The summed E-state index contributed by atoms with van der Waals surface area (Å²) in [6.07, 6.45) is 1.59. The van der Waals surface area contributed by atoms with Crippen LogP contribution in [-0.2, 0) is 4.74 Å². The fourth-order valence-electron chi connectivity index (χ4n) is 2.20. The lowest BCUT2D eigenvalue weighted by atomic mass is 9.98. The monoisotopic (exact) mass is 327 g/mol. The molecule has 0 spiro atoms. The van der Waals surface area contributed by atoms with Gasteiger partial charge in [0, 0.05) is 19.2 Å². The Balaban J connectivity index is 1.68. The highest BCUT2D eigenvalue weighted by Crippen LogP contribution is 2.19. The molecule has 2 rings (SSSR count). The van der Waals surface area contributed by atoms with Crippen LogP contribution >= 0.6 is 11.6 Å². The van der Waals surface area contributed by atoms with E-state index in [-0.39, 0.29) is 6.09 Å². The predicted molar refractivity (Wildman–Crippen MR) is 83.0 cm³/mol. The molecule has 22 heavy (non-hydrogen) atoms. The van der Waals surface area contributed by atoms with Gasteiger partial charge in [0.1, 0.15) is 0 Å². The van der Waals surface area contributed by atoms with Gasteiger partial charge in [0.05, 0.1) is 13.2 Å². The van der Waals surface area contributed by atoms with E-state index in [4.69, 9.17) is 21.1 Å². The molecule has 6 nitrogen and oxygen atoms in total. The maximum Gasteiger partial charge on any atom is 0.409 e. The summed E-state index contributed by atoms with van der Waals surface area (Å²) < 4.78 is 10.9. The van der Waals surface area contributed by atoms with E-state index in [1.165, 1.54) is 0 Å². The van der Waals surface area contributed by atoms with Gasteiger partial charge >= 0.3 is 6.09 Å². The van der Waals surface area contributed by atoms with E-state index in [2.05, 4.69) is 10.2 Å². The summed E-state index contributed by atoms with van der Waals surface area (Å²) in [5, 5.41) is 7.94. The molecule has 1 aliphatic heterocycles. The second kappa shape index (κ2) is 8.17. The first-order valence-corrected chi connectivity index (χ1v) is 7.96. The van der Waals surface area contributed by atoms with Crippen molar-refractivity contribution < 1.29 is 14.3 Å². The fraction of sp³-hybridized carbons (Fsp3) is 0.667. The molecule has 0 radical (unpaired) electrons. The Labute approximate surface area is 135 Å². The number of carbonyl (C=O) groups excluding carboxylic acids is 1. The zero-order valence-electron chi connectivity index (χ0n) is 13.0. The zero-order chi connectivity index (χ0) is 15.9. The highest BCUT2D eigenvalue weighted by Gasteiger charge is 2.24. The van der Waals surface area contributed by atoms with Crippen LogP contribution in [0.4, 0.5) is 4.79 Å². The SMILES string of the molecule is CC(C)COC(=O)N1CCC(COc2ccc(Cl)nn2)CC1. The maximum absolute atomic E-state index is 11.9. The van der Waals surface area contributed by atoms with Crippen molar-refractivity contribution in [3.63, 3.8) is 0 Å². The Bertz CT molecular complexity index is 473. The van der Waals surface area contributed by atoms with Crippen LogP contribution in [0.3, 0.4) is 0 Å². The average molecular weight is 328 g/mol. The Hall–Kier alpha value is -1.56. The first-order valence-electron chi connectivity index (χ1n) is 7.58. The molecule has 1 aliphatic rings. The maximum atomic E-state index is 11.9. The first-order chi connectivity index (χ1) is 10.5. The topological polar surface area (TPSA) is 64.5 Å². The van der Waals surface area contributed by atoms with Crippen molar-refractivity contribution in [3.8, 4) is 5.88 Å². The highest BCUT2D eigenvalue weighted by molar-refractivity contribution is 6.29. The third kappa shape index (κ3) is 5.33. The Morgan fingerprint density at radius 3 is 2.68 bits per heavy atom. The van der Waals surface area contributed by atoms with Crippen LogP contribution in [-0.4, -0.2) is 47.5 Å². The summed E-state index contributed by atoms with van der Waals surface area (Å²) in [4.78, 5) is 13.6. The van der Waals surface area contributed by atoms with E-state index in [1.807, 2.05) is 13.8 Å². The van der Waals surface area contributed by atoms with Gasteiger partial charge in [-0.05, 0) is 30.7 Å². The standard InChI is InChI=1S/C15H22ClN3O3/c1-11(2)9-22-15(20)19-7-5-12(6-8-19)10-21-14-4-3-13(16)17-18-14/h3-4,11-12H,5-10H2,1-2H3. The molecule has 1 fully saturated rings. The van der Waals surface area contributed by atoms with Crippen LogP contribution in [0.2, 0.25) is 5.15 Å². The van der Waals surface area contributed by atoms with E-state index < -0.39 is 0 Å². The number of hydrogen-bond donors (Lipinski definition) is 0. The van der Waals surface area contributed by atoms with E-state index >= 15 is 0 Å². The minimum absolute atomic E-state index is 0.211. The molecule has 1 aromatic rings. The van der Waals surface area contributed by atoms with Crippen LogP contribution < -0.4 is 4.74 Å². The summed E-state index contributed by atoms with van der Waals surface area (Å²) in [5.41, 5.74) is 0. The summed E-state index contributed by atoms with van der Waals surface area (Å²) >= 11 is 5.67. The predicted octanol–water partition coefficient (Wildman–Crippen LogP) is 3.01. The molecule has 0 saturated carbocycles. The van der Waals surface area contributed by atoms with Gasteiger partial charge in [-0.2, -0.15) is 0 Å². The number of aromatic nitrogens is 2. The lowest BCUT2D eigenvalue weighted by Gasteiger charge is -2.31. The van der Waals surface area contributed by atoms with E-state index in [1.54, 1.807) is 17.0 Å². The molecule has 0 aromatic carbocycles. The number of nitrogens with zero attached hydrogens (tertiary/aromatic N) is 3. The van der Waals surface area contributed by atoms with Crippen molar-refractivity contribution >= 4 is 17.7 Å². The number of hydrogen-bond acceptors (Lipinski definition) is 5. The quantitative estimate of drug-likeness (QED) is 0.831. The third-order valence-electron chi connectivity index (χ3n) is 3.49. The Morgan fingerprint density at radius 2 is 2.09 bits per heavy atom. The first kappa shape index (κ1) is 16.8. The van der Waals surface area contributed by atoms with E-state index in [9.17, 15) is 4.79 Å². The van der Waals surface area contributed by atoms with Crippen molar-refractivity contribution in [2.45, 2.75) is 26.7 Å². The molecule has 0 bridgehead atoms. The lowest BCUT2D eigenvalue weighted by molar-refractivity contribution is 0.0729. The van der Waals surface area contributed by atoms with Crippen LogP contribution in [0.15, 0.2) is 12.1 Å². The molecule has 0 atom stereocenters. The molecular formula is C15H22ClN3O3. The fourth-order valence-corrected chi connectivity index (χ4v) is 2.30. The van der Waals surface area contributed by atoms with Crippen molar-refractivity contribution in [1.29, 1.82) is 0 Å². The molecule has 122 valence electrons. The molecule has 1 aromatic heterocycles. The molecule has 0 N–H and O–H groups in total. The van der Waals surface area contributed by atoms with Gasteiger partial charge in [-0.1, -0.05) is 25.4 Å². The summed E-state index contributed by atoms with van der Waals surface area (Å²) in [6, 6.07) is 3.35. The minimum Gasteiger partial charge on any atom is -0.476 e. The van der Waals surface area contributed by atoms with Crippen LogP contribution in [0.25, 0.3) is 0 Å². The minimum atomic E-state index is -0.211. The Morgan fingerprint density at radius 1 is 1.36 bits per heavy atom. The molecule has 1 saturated heterocycles. The summed E-state index contributed by atoms with van der Waals surface area (Å²) in [6.45, 7) is 6.50. The number of ether oxygens (including phenoxy) is 2. The third-order valence-corrected chi connectivity index (χ3v) is 3.69. The van der Waals surface area contributed by atoms with Gasteiger partial charge in [0.2, 0.25) is 5.88 Å². The second-order valence-corrected chi connectivity index (χ2v) is 6.29. The van der Waals surface area contributed by atoms with Crippen molar-refractivity contribution in [1.82, 2.24) is 15.1 Å². The summed E-state index contributed by atoms with van der Waals surface area (Å²) in [5.74, 6) is 1.24. The van der Waals surface area contributed by atoms with Crippen LogP contribution in [0, 0.1) is 11.8 Å². The summed E-state index contributed by atoms with van der Waals surface area (Å²) in [7, 11) is 0. The number of rotatable bonds is 5. The highest BCUT2D eigenvalue weighted by atomic mass is 35.5. The van der Waals surface area contributed by atoms with Crippen molar-refractivity contribution in [2.24, 2.45) is 11.8 Å². The van der Waals surface area contributed by atoms with Crippen LogP contribution in [0.1, 0.15) is 26.7 Å². The molecule has 0 aliphatic carbocycles. The number of carbonyl (C=O) groups is 1. The number of amides is 1. The Kier molecular flexibility index (Phi) is 6.24. The number of halogens is 1. The van der Waals surface area contributed by atoms with E-state index in [0.29, 0.717) is 49.2 Å². The van der Waals surface area contributed by atoms with Gasteiger partial charge in [0.15, 0.2) is 5.15 Å². The lowest BCUT2D eigenvalue weighted by Crippen LogP contribution is -2.40. The second-order valence-electron chi connectivity index (χ2n) is 5.91. The van der Waals surface area contributed by atoms with Crippen LogP contribution in [0.5, 0.6) is 5.88 Å². The molecular weight excluding hydrogens is 306 g/mol. The molecule has 2 heterocycles. The normalized spacial score (nSPS) is 15.9. The number of likely N-dealkylation sites (tertiary alicyclic amines) is 1.